The number of benzene rings is 8. The van der Waals surface area contributed by atoms with Crippen molar-refractivity contribution in [3.63, 3.8) is 0 Å². The summed E-state index contributed by atoms with van der Waals surface area (Å²) < 4.78 is 6.72. The zero-order valence-electron chi connectivity index (χ0n) is 26.3. The minimum Gasteiger partial charge on any atom is -0.455 e. The Kier molecular flexibility index (Phi) is 6.15. The molecule has 0 amide bonds. The highest BCUT2D eigenvalue weighted by Gasteiger charge is 2.20. The Morgan fingerprint density at radius 1 is 0.347 bits per heavy atom. The number of aromatic nitrogens is 3. The summed E-state index contributed by atoms with van der Waals surface area (Å²) in [4.78, 5) is 15.3. The molecule has 0 aliphatic carbocycles. The highest BCUT2D eigenvalue weighted by atomic mass is 16.3. The summed E-state index contributed by atoms with van der Waals surface area (Å²) in [6.07, 6.45) is 0. The van der Waals surface area contributed by atoms with Gasteiger partial charge in [-0.05, 0) is 50.0 Å². The molecule has 0 fully saturated rings. The molecule has 0 aliphatic heterocycles. The molecule has 228 valence electrons. The SMILES string of the molecule is c1ccc(-c2nc(-c3cccc4ccccc34)nc(-c3cccc4oc5c(-c6ccc7ccc8ccccc8c7c6)cccc5c34)n2)cc1. The van der Waals surface area contributed by atoms with Gasteiger partial charge in [0.25, 0.3) is 0 Å². The highest BCUT2D eigenvalue weighted by Crippen LogP contribution is 2.41. The molecule has 0 aliphatic rings. The number of hydrogen-bond donors (Lipinski definition) is 0. The third kappa shape index (κ3) is 4.49. The molecule has 0 spiro atoms. The van der Waals surface area contributed by atoms with Crippen LogP contribution in [-0.2, 0) is 0 Å². The second-order valence-corrected chi connectivity index (χ2v) is 12.4. The van der Waals surface area contributed by atoms with Crippen molar-refractivity contribution in [3.8, 4) is 45.3 Å². The van der Waals surface area contributed by atoms with Crippen LogP contribution < -0.4 is 0 Å². The summed E-state index contributed by atoms with van der Waals surface area (Å²) in [6, 6.07) is 56.9. The summed E-state index contributed by atoms with van der Waals surface area (Å²) in [5.74, 6) is 1.87. The molecule has 0 atom stereocenters. The number of para-hydroxylation sites is 1. The summed E-state index contributed by atoms with van der Waals surface area (Å²) in [5.41, 5.74) is 6.60. The zero-order chi connectivity index (χ0) is 32.3. The van der Waals surface area contributed by atoms with Gasteiger partial charge in [0.15, 0.2) is 17.5 Å². The molecule has 2 heterocycles. The summed E-state index contributed by atoms with van der Waals surface area (Å²) in [7, 11) is 0. The average Bonchev–Trinajstić information content (AvgIpc) is 3.57. The van der Waals surface area contributed by atoms with Crippen LogP contribution >= 0.6 is 0 Å². The van der Waals surface area contributed by atoms with Crippen LogP contribution in [0.4, 0.5) is 0 Å². The average molecular weight is 626 g/mol. The molecule has 0 saturated carbocycles. The molecule has 0 radical (unpaired) electrons. The van der Waals surface area contributed by atoms with Crippen LogP contribution in [0.3, 0.4) is 0 Å². The van der Waals surface area contributed by atoms with Crippen molar-refractivity contribution < 1.29 is 4.42 Å². The predicted molar refractivity (Wildman–Crippen MR) is 201 cm³/mol. The van der Waals surface area contributed by atoms with Crippen LogP contribution in [0.2, 0.25) is 0 Å². The molecular weight excluding hydrogens is 599 g/mol. The van der Waals surface area contributed by atoms with Crippen molar-refractivity contribution in [2.45, 2.75) is 0 Å². The largest absolute Gasteiger partial charge is 0.455 e. The lowest BCUT2D eigenvalue weighted by atomic mass is 9.96. The first-order valence-corrected chi connectivity index (χ1v) is 16.4. The molecule has 10 aromatic rings. The van der Waals surface area contributed by atoms with E-state index in [1.807, 2.05) is 42.5 Å². The normalized spacial score (nSPS) is 11.7. The lowest BCUT2D eigenvalue weighted by Gasteiger charge is -2.11. The molecule has 4 nitrogen and oxygen atoms in total. The third-order valence-corrected chi connectivity index (χ3v) is 9.52. The first-order valence-electron chi connectivity index (χ1n) is 16.4. The van der Waals surface area contributed by atoms with E-state index in [0.717, 1.165) is 60.5 Å². The topological polar surface area (TPSA) is 51.8 Å². The molecule has 49 heavy (non-hydrogen) atoms. The summed E-state index contributed by atoms with van der Waals surface area (Å²) >= 11 is 0. The van der Waals surface area contributed by atoms with Crippen LogP contribution in [0.1, 0.15) is 0 Å². The quantitative estimate of drug-likeness (QED) is 0.183. The molecular formula is C45H27N3O. The van der Waals surface area contributed by atoms with Crippen molar-refractivity contribution >= 4 is 54.3 Å². The van der Waals surface area contributed by atoms with Crippen molar-refractivity contribution in [2.75, 3.05) is 0 Å². The van der Waals surface area contributed by atoms with Gasteiger partial charge in [0.05, 0.1) is 0 Å². The number of hydrogen-bond acceptors (Lipinski definition) is 4. The first kappa shape index (κ1) is 27.5. The molecule has 0 bridgehead atoms. The van der Waals surface area contributed by atoms with Gasteiger partial charge < -0.3 is 4.42 Å². The zero-order valence-corrected chi connectivity index (χ0v) is 26.3. The molecule has 0 unspecified atom stereocenters. The van der Waals surface area contributed by atoms with E-state index in [2.05, 4.69) is 121 Å². The van der Waals surface area contributed by atoms with Gasteiger partial charge in [-0.1, -0.05) is 152 Å². The van der Waals surface area contributed by atoms with E-state index < -0.39 is 0 Å². The van der Waals surface area contributed by atoms with E-state index in [1.54, 1.807) is 0 Å². The van der Waals surface area contributed by atoms with Gasteiger partial charge in [-0.15, -0.1) is 0 Å². The van der Waals surface area contributed by atoms with Gasteiger partial charge in [-0.25, -0.2) is 15.0 Å². The number of fused-ring (bicyclic) bond motifs is 7. The Morgan fingerprint density at radius 3 is 1.78 bits per heavy atom. The molecule has 4 heteroatoms. The van der Waals surface area contributed by atoms with Crippen LogP contribution in [-0.4, -0.2) is 15.0 Å². The van der Waals surface area contributed by atoms with Crippen LogP contribution in [0.5, 0.6) is 0 Å². The van der Waals surface area contributed by atoms with Crippen molar-refractivity contribution in [2.24, 2.45) is 0 Å². The van der Waals surface area contributed by atoms with Crippen LogP contribution in [0.15, 0.2) is 168 Å². The Balaban J connectivity index is 1.20. The Morgan fingerprint density at radius 2 is 0.918 bits per heavy atom. The van der Waals surface area contributed by atoms with E-state index in [4.69, 9.17) is 19.4 Å². The first-order chi connectivity index (χ1) is 24.3. The Labute approximate surface area is 282 Å². The van der Waals surface area contributed by atoms with Gasteiger partial charge >= 0.3 is 0 Å². The highest BCUT2D eigenvalue weighted by molar-refractivity contribution is 6.16. The fourth-order valence-electron chi connectivity index (χ4n) is 7.18. The second-order valence-electron chi connectivity index (χ2n) is 12.4. The van der Waals surface area contributed by atoms with Gasteiger partial charge in [-0.2, -0.15) is 0 Å². The van der Waals surface area contributed by atoms with Crippen molar-refractivity contribution in [1.29, 1.82) is 0 Å². The lowest BCUT2D eigenvalue weighted by Crippen LogP contribution is -2.00. The minimum absolute atomic E-state index is 0.604. The number of furan rings is 1. The van der Waals surface area contributed by atoms with Crippen molar-refractivity contribution in [1.82, 2.24) is 15.0 Å². The fourth-order valence-corrected chi connectivity index (χ4v) is 7.18. The maximum absolute atomic E-state index is 6.72. The summed E-state index contributed by atoms with van der Waals surface area (Å²) in [5, 5.41) is 9.16. The summed E-state index contributed by atoms with van der Waals surface area (Å²) in [6.45, 7) is 0. The standard InChI is InChI=1S/C45H27N3O/c1-2-13-31(14-3-1)43-46-44(36-19-8-15-28-11-4-6-16-33(28)36)48-45(47-43)38-21-10-22-40-41(38)37-20-9-18-35(42(37)49-40)32-26-25-30-24-23-29-12-5-7-17-34(29)39(30)27-32/h1-27H. The van der Waals surface area contributed by atoms with E-state index in [9.17, 15) is 0 Å². The second kappa shape index (κ2) is 11.0. The van der Waals surface area contributed by atoms with Crippen LogP contribution in [0, 0.1) is 0 Å². The van der Waals surface area contributed by atoms with Crippen LogP contribution in [0.25, 0.3) is 99.5 Å². The maximum Gasteiger partial charge on any atom is 0.164 e. The Hall–Kier alpha value is -6.65. The van der Waals surface area contributed by atoms with Gasteiger partial charge in [-0.3, -0.25) is 0 Å². The lowest BCUT2D eigenvalue weighted by molar-refractivity contribution is 0.670. The molecule has 2 aromatic heterocycles. The van der Waals surface area contributed by atoms with E-state index in [0.29, 0.717) is 17.5 Å². The monoisotopic (exact) mass is 625 g/mol. The van der Waals surface area contributed by atoms with E-state index >= 15 is 0 Å². The Bertz CT molecular complexity index is 2890. The third-order valence-electron chi connectivity index (χ3n) is 9.52. The predicted octanol–water partition coefficient (Wildman–Crippen LogP) is 11.9. The smallest absolute Gasteiger partial charge is 0.164 e. The molecule has 10 rings (SSSR count). The minimum atomic E-state index is 0.604. The van der Waals surface area contributed by atoms with Crippen molar-refractivity contribution in [3.05, 3.63) is 164 Å². The molecule has 8 aromatic carbocycles. The fraction of sp³-hybridized carbons (Fsp3) is 0. The van der Waals surface area contributed by atoms with Gasteiger partial charge in [0.2, 0.25) is 0 Å². The number of rotatable bonds is 4. The molecule has 0 N–H and O–H groups in total. The maximum atomic E-state index is 6.72. The molecule has 0 saturated heterocycles. The van der Waals surface area contributed by atoms with Gasteiger partial charge in [0, 0.05) is 33.0 Å². The number of nitrogens with zero attached hydrogens (tertiary/aromatic N) is 3. The van der Waals surface area contributed by atoms with Gasteiger partial charge in [0.1, 0.15) is 11.2 Å². The van der Waals surface area contributed by atoms with E-state index in [-0.39, 0.29) is 0 Å². The van der Waals surface area contributed by atoms with E-state index in [1.165, 1.54) is 21.5 Å².